The molecule has 0 saturated carbocycles. The van der Waals surface area contributed by atoms with Crippen LogP contribution in [0.1, 0.15) is 16.0 Å². The van der Waals surface area contributed by atoms with E-state index < -0.39 is 11.7 Å². The lowest BCUT2D eigenvalue weighted by Gasteiger charge is -2.15. The van der Waals surface area contributed by atoms with Crippen molar-refractivity contribution in [1.29, 1.82) is 0 Å². The molecule has 0 radical (unpaired) electrons. The van der Waals surface area contributed by atoms with Gasteiger partial charge in [0.05, 0.1) is 12.2 Å². The van der Waals surface area contributed by atoms with Crippen LogP contribution in [0.2, 0.25) is 0 Å². The minimum absolute atomic E-state index is 0.0680. The number of ether oxygens (including phenoxy) is 1. The van der Waals surface area contributed by atoms with Crippen LogP contribution in [-0.2, 0) is 19.1 Å². The van der Waals surface area contributed by atoms with Gasteiger partial charge in [0, 0.05) is 17.8 Å². The van der Waals surface area contributed by atoms with Gasteiger partial charge >= 0.3 is 6.18 Å². The summed E-state index contributed by atoms with van der Waals surface area (Å²) >= 11 is 1.56. The molecule has 0 bridgehead atoms. The molecule has 1 heterocycles. The number of nitrogens with two attached hydrogens (primary N) is 1. The van der Waals surface area contributed by atoms with Gasteiger partial charge in [-0.15, -0.1) is 11.3 Å². The van der Waals surface area contributed by atoms with E-state index in [0.717, 1.165) is 10.9 Å². The first-order valence-electron chi connectivity index (χ1n) is 6.06. The SMILES string of the molecule is NCc1ccc(OCCc2cccs2)c(C(F)(F)F)c1. The monoisotopic (exact) mass is 301 g/mol. The van der Waals surface area contributed by atoms with Gasteiger partial charge in [0.2, 0.25) is 0 Å². The molecule has 0 spiro atoms. The summed E-state index contributed by atoms with van der Waals surface area (Å²) in [5.41, 5.74) is 5.03. The van der Waals surface area contributed by atoms with Crippen LogP contribution in [-0.4, -0.2) is 6.61 Å². The Morgan fingerprint density at radius 1 is 1.20 bits per heavy atom. The molecule has 0 amide bonds. The van der Waals surface area contributed by atoms with Crippen LogP contribution in [0, 0.1) is 0 Å². The molecule has 0 unspecified atom stereocenters. The van der Waals surface area contributed by atoms with Crippen molar-refractivity contribution in [3.8, 4) is 5.75 Å². The zero-order valence-corrected chi connectivity index (χ0v) is 11.4. The Morgan fingerprint density at radius 2 is 2.00 bits per heavy atom. The van der Waals surface area contributed by atoms with E-state index in [1.165, 1.54) is 6.07 Å². The second-order valence-electron chi connectivity index (χ2n) is 4.21. The lowest BCUT2D eigenvalue weighted by atomic mass is 10.1. The normalized spacial score (nSPS) is 11.6. The third-order valence-electron chi connectivity index (χ3n) is 2.77. The highest BCUT2D eigenvalue weighted by Crippen LogP contribution is 2.36. The first kappa shape index (κ1) is 14.9. The summed E-state index contributed by atoms with van der Waals surface area (Å²) in [5, 5.41) is 1.92. The van der Waals surface area contributed by atoms with Crippen LogP contribution in [0.4, 0.5) is 13.2 Å². The van der Waals surface area contributed by atoms with Crippen molar-refractivity contribution in [3.05, 3.63) is 51.7 Å². The van der Waals surface area contributed by atoms with Crippen LogP contribution in [0.25, 0.3) is 0 Å². The zero-order valence-electron chi connectivity index (χ0n) is 10.6. The summed E-state index contributed by atoms with van der Waals surface area (Å²) in [6.45, 7) is 0.282. The Labute approximate surface area is 119 Å². The van der Waals surface area contributed by atoms with Gasteiger partial charge in [-0.1, -0.05) is 12.1 Å². The van der Waals surface area contributed by atoms with Crippen LogP contribution < -0.4 is 10.5 Å². The molecule has 0 aliphatic heterocycles. The number of thiophene rings is 1. The van der Waals surface area contributed by atoms with Crippen LogP contribution in [0.5, 0.6) is 5.75 Å². The fraction of sp³-hybridized carbons (Fsp3) is 0.286. The van der Waals surface area contributed by atoms with Crippen molar-refractivity contribution < 1.29 is 17.9 Å². The Morgan fingerprint density at radius 3 is 2.60 bits per heavy atom. The third-order valence-corrected chi connectivity index (χ3v) is 3.71. The summed E-state index contributed by atoms with van der Waals surface area (Å²) in [6, 6.07) is 7.75. The molecular weight excluding hydrogens is 287 g/mol. The van der Waals surface area contributed by atoms with Crippen molar-refractivity contribution in [2.45, 2.75) is 19.1 Å². The molecule has 0 saturated heterocycles. The Bertz CT molecular complexity index is 552. The summed E-state index contributed by atoms with van der Waals surface area (Å²) in [7, 11) is 0. The van der Waals surface area contributed by atoms with Crippen LogP contribution in [0.15, 0.2) is 35.7 Å². The van der Waals surface area contributed by atoms with Gasteiger partial charge in [0.1, 0.15) is 5.75 Å². The molecule has 0 aliphatic rings. The van der Waals surface area contributed by atoms with Crippen LogP contribution >= 0.6 is 11.3 Å². The molecule has 2 rings (SSSR count). The number of rotatable bonds is 5. The van der Waals surface area contributed by atoms with Crippen LogP contribution in [0.3, 0.4) is 0 Å². The summed E-state index contributed by atoms with van der Waals surface area (Å²) in [6.07, 6.45) is -3.85. The highest BCUT2D eigenvalue weighted by molar-refractivity contribution is 7.09. The van der Waals surface area contributed by atoms with Gasteiger partial charge in [0.15, 0.2) is 0 Å². The molecule has 1 aromatic carbocycles. The second kappa shape index (κ2) is 6.28. The topological polar surface area (TPSA) is 35.2 Å². The Balaban J connectivity index is 2.10. The molecular formula is C14H14F3NOS. The predicted molar refractivity (Wildman–Crippen MR) is 72.9 cm³/mol. The lowest BCUT2D eigenvalue weighted by Crippen LogP contribution is -2.11. The maximum Gasteiger partial charge on any atom is 0.419 e. The number of halogens is 3. The van der Waals surface area contributed by atoms with E-state index in [1.807, 2.05) is 17.5 Å². The van der Waals surface area contributed by atoms with E-state index in [9.17, 15) is 13.2 Å². The molecule has 20 heavy (non-hydrogen) atoms. The van der Waals surface area contributed by atoms with Crippen molar-refractivity contribution in [2.24, 2.45) is 5.73 Å². The van der Waals surface area contributed by atoms with Crippen molar-refractivity contribution >= 4 is 11.3 Å². The van der Waals surface area contributed by atoms with Crippen molar-refractivity contribution in [1.82, 2.24) is 0 Å². The van der Waals surface area contributed by atoms with Gasteiger partial charge < -0.3 is 10.5 Å². The number of benzene rings is 1. The lowest BCUT2D eigenvalue weighted by molar-refractivity contribution is -0.139. The minimum Gasteiger partial charge on any atom is -0.493 e. The van der Waals surface area contributed by atoms with Gasteiger partial charge in [-0.05, 0) is 29.1 Å². The average molecular weight is 301 g/mol. The molecule has 6 heteroatoms. The largest absolute Gasteiger partial charge is 0.493 e. The molecule has 0 atom stereocenters. The molecule has 0 aliphatic carbocycles. The first-order chi connectivity index (χ1) is 9.50. The second-order valence-corrected chi connectivity index (χ2v) is 5.24. The molecule has 108 valence electrons. The number of hydrogen-bond donors (Lipinski definition) is 1. The van der Waals surface area contributed by atoms with Gasteiger partial charge in [-0.3, -0.25) is 0 Å². The Hall–Kier alpha value is -1.53. The van der Waals surface area contributed by atoms with E-state index in [4.69, 9.17) is 10.5 Å². The number of hydrogen-bond acceptors (Lipinski definition) is 3. The predicted octanol–water partition coefficient (Wildman–Crippen LogP) is 3.85. The van der Waals surface area contributed by atoms with E-state index in [1.54, 1.807) is 17.4 Å². The maximum absolute atomic E-state index is 12.9. The molecule has 2 N–H and O–H groups in total. The van der Waals surface area contributed by atoms with E-state index >= 15 is 0 Å². The number of alkyl halides is 3. The fourth-order valence-electron chi connectivity index (χ4n) is 1.77. The molecule has 1 aromatic heterocycles. The van der Waals surface area contributed by atoms with Crippen molar-refractivity contribution in [2.75, 3.05) is 6.61 Å². The van der Waals surface area contributed by atoms with E-state index in [0.29, 0.717) is 12.0 Å². The highest BCUT2D eigenvalue weighted by atomic mass is 32.1. The third kappa shape index (κ3) is 3.74. The average Bonchev–Trinajstić information content (AvgIpc) is 2.91. The molecule has 0 fully saturated rings. The zero-order chi connectivity index (χ0) is 14.6. The summed E-state index contributed by atoms with van der Waals surface area (Å²) < 4.78 is 44.1. The summed E-state index contributed by atoms with van der Waals surface area (Å²) in [4.78, 5) is 1.08. The molecule has 2 nitrogen and oxygen atoms in total. The van der Waals surface area contributed by atoms with Crippen molar-refractivity contribution in [3.63, 3.8) is 0 Å². The fourth-order valence-corrected chi connectivity index (χ4v) is 2.46. The first-order valence-corrected chi connectivity index (χ1v) is 6.94. The molecule has 2 aromatic rings. The standard InChI is InChI=1S/C14H14F3NOS/c15-14(16,17)12-8-10(9-18)3-4-13(12)19-6-5-11-2-1-7-20-11/h1-4,7-8H,5-6,9,18H2. The van der Waals surface area contributed by atoms with Gasteiger partial charge in [-0.2, -0.15) is 13.2 Å². The van der Waals surface area contributed by atoms with Gasteiger partial charge in [0.25, 0.3) is 0 Å². The maximum atomic E-state index is 12.9. The smallest absolute Gasteiger partial charge is 0.419 e. The minimum atomic E-state index is -4.44. The Kier molecular flexibility index (Phi) is 4.67. The van der Waals surface area contributed by atoms with E-state index in [-0.39, 0.29) is 18.9 Å². The quantitative estimate of drug-likeness (QED) is 0.910. The highest BCUT2D eigenvalue weighted by Gasteiger charge is 2.34. The van der Waals surface area contributed by atoms with Gasteiger partial charge in [-0.25, -0.2) is 0 Å². The van der Waals surface area contributed by atoms with E-state index in [2.05, 4.69) is 0 Å². The summed E-state index contributed by atoms with van der Waals surface area (Å²) in [5.74, 6) is -0.147.